The Morgan fingerprint density at radius 2 is 1.91 bits per heavy atom. The zero-order valence-corrected chi connectivity index (χ0v) is 21.3. The molecule has 2 aliphatic heterocycles. The number of fused-ring (bicyclic) bond motifs is 4. The van der Waals surface area contributed by atoms with Crippen LogP contribution in [0.25, 0.3) is 22.3 Å². The summed E-state index contributed by atoms with van der Waals surface area (Å²) in [5.41, 5.74) is 2.20. The summed E-state index contributed by atoms with van der Waals surface area (Å²) in [5.74, 6) is -0.471. The first-order valence-corrected chi connectivity index (χ1v) is 12.2. The Balaban J connectivity index is 0.00000289. The summed E-state index contributed by atoms with van der Waals surface area (Å²) in [6.45, 7) is 8.20. The molecule has 0 bridgehead atoms. The van der Waals surface area contributed by atoms with Crippen molar-refractivity contribution in [3.05, 3.63) is 63.4 Å². The SMILES string of the molecule is CC[C@@](O)(C(=O)NC(C)C)c1cc2n(c(=O)c1CN1CCCC1)Cc1cc3ccccc3nc1-2.Cl. The molecule has 186 valence electrons. The van der Waals surface area contributed by atoms with Crippen LogP contribution in [0.4, 0.5) is 0 Å². The van der Waals surface area contributed by atoms with Crippen molar-refractivity contribution >= 4 is 29.2 Å². The highest BCUT2D eigenvalue weighted by Gasteiger charge is 2.41. The van der Waals surface area contributed by atoms with Gasteiger partial charge in [-0.25, -0.2) is 4.98 Å². The van der Waals surface area contributed by atoms with Crippen LogP contribution in [-0.4, -0.2) is 44.6 Å². The lowest BCUT2D eigenvalue weighted by atomic mass is 9.86. The Kier molecular flexibility index (Phi) is 7.04. The number of rotatable bonds is 6. The van der Waals surface area contributed by atoms with Gasteiger partial charge in [0.25, 0.3) is 11.5 Å². The maximum Gasteiger partial charge on any atom is 0.256 e. The average Bonchev–Trinajstić information content (AvgIpc) is 3.46. The lowest BCUT2D eigenvalue weighted by Crippen LogP contribution is -2.48. The summed E-state index contributed by atoms with van der Waals surface area (Å²) in [4.78, 5) is 34.2. The van der Waals surface area contributed by atoms with Gasteiger partial charge in [-0.1, -0.05) is 25.1 Å². The molecule has 0 aliphatic carbocycles. The molecule has 1 aromatic carbocycles. The number of carbonyl (C=O) groups is 1. The number of benzene rings is 1. The summed E-state index contributed by atoms with van der Waals surface area (Å²) < 4.78 is 1.75. The van der Waals surface area contributed by atoms with Crippen LogP contribution in [0.1, 0.15) is 56.7 Å². The van der Waals surface area contributed by atoms with Gasteiger partial charge in [0.15, 0.2) is 5.60 Å². The molecule has 4 heterocycles. The smallest absolute Gasteiger partial charge is 0.256 e. The molecule has 1 amide bonds. The highest BCUT2D eigenvalue weighted by Crippen LogP contribution is 2.36. The predicted molar refractivity (Wildman–Crippen MR) is 140 cm³/mol. The number of likely N-dealkylation sites (tertiary alicyclic amines) is 1. The zero-order valence-electron chi connectivity index (χ0n) is 20.5. The lowest BCUT2D eigenvalue weighted by Gasteiger charge is -2.30. The molecule has 5 rings (SSSR count). The molecule has 0 spiro atoms. The topological polar surface area (TPSA) is 87.5 Å². The van der Waals surface area contributed by atoms with E-state index >= 15 is 0 Å². The molecule has 2 N–H and O–H groups in total. The summed E-state index contributed by atoms with van der Waals surface area (Å²) in [6.07, 6.45) is 2.35. The average molecular weight is 497 g/mol. The second kappa shape index (κ2) is 9.72. The van der Waals surface area contributed by atoms with Gasteiger partial charge in [0, 0.05) is 34.7 Å². The Hall–Kier alpha value is -2.74. The van der Waals surface area contributed by atoms with Gasteiger partial charge in [0.2, 0.25) is 0 Å². The number of nitrogens with one attached hydrogen (secondary N) is 1. The predicted octanol–water partition coefficient (Wildman–Crippen LogP) is 3.57. The van der Waals surface area contributed by atoms with Gasteiger partial charge in [-0.05, 0) is 64.4 Å². The minimum absolute atomic E-state index is 0. The fraction of sp³-hybridized carbons (Fsp3) is 0.444. The standard InChI is InChI=1S/C27H32N4O3.ClH/c1-4-27(34,26(33)28-17(2)3)21-14-23-24-19(13-18-9-5-6-10-22(18)29-24)15-31(23)25(32)20(21)16-30-11-7-8-12-30;/h5-6,9-10,13-14,17,34H,4,7-8,11-12,15-16H2,1-3H3,(H,28,33);1H/t27-;/m0./s1. The van der Waals surface area contributed by atoms with Crippen LogP contribution in [0.5, 0.6) is 0 Å². The molecule has 0 saturated carbocycles. The van der Waals surface area contributed by atoms with Gasteiger partial charge < -0.3 is 15.0 Å². The first-order chi connectivity index (χ1) is 16.3. The van der Waals surface area contributed by atoms with E-state index < -0.39 is 11.5 Å². The number of para-hydroxylation sites is 1. The summed E-state index contributed by atoms with van der Waals surface area (Å²) in [7, 11) is 0. The molecule has 3 aromatic rings. The van der Waals surface area contributed by atoms with Crippen molar-refractivity contribution in [1.82, 2.24) is 19.8 Å². The summed E-state index contributed by atoms with van der Waals surface area (Å²) in [5, 5.41) is 15.6. The Bertz CT molecular complexity index is 1330. The zero-order chi connectivity index (χ0) is 24.0. The van der Waals surface area contributed by atoms with E-state index in [0.29, 0.717) is 29.9 Å². The van der Waals surface area contributed by atoms with E-state index in [1.54, 1.807) is 11.5 Å². The minimum Gasteiger partial charge on any atom is -0.375 e. The van der Waals surface area contributed by atoms with Gasteiger partial charge in [-0.15, -0.1) is 12.4 Å². The van der Waals surface area contributed by atoms with Crippen LogP contribution in [0.2, 0.25) is 0 Å². The molecular formula is C27H33ClN4O3. The minimum atomic E-state index is -1.80. The number of hydrogen-bond acceptors (Lipinski definition) is 5. The van der Waals surface area contributed by atoms with Crippen molar-refractivity contribution in [3.8, 4) is 11.4 Å². The second-order valence-corrected chi connectivity index (χ2v) is 9.83. The molecule has 2 aliphatic rings. The number of nitrogens with zero attached hydrogens (tertiary/aromatic N) is 3. The van der Waals surface area contributed by atoms with Crippen LogP contribution in [0, 0.1) is 0 Å². The lowest BCUT2D eigenvalue weighted by molar-refractivity contribution is -0.142. The van der Waals surface area contributed by atoms with Crippen molar-refractivity contribution in [3.63, 3.8) is 0 Å². The van der Waals surface area contributed by atoms with Crippen molar-refractivity contribution < 1.29 is 9.90 Å². The Morgan fingerprint density at radius 3 is 2.60 bits per heavy atom. The number of carbonyl (C=O) groups excluding carboxylic acids is 1. The van der Waals surface area contributed by atoms with E-state index in [1.807, 2.05) is 44.2 Å². The third-order valence-electron chi connectivity index (χ3n) is 7.11. The van der Waals surface area contributed by atoms with Gasteiger partial charge in [-0.3, -0.25) is 14.5 Å². The van der Waals surface area contributed by atoms with Crippen LogP contribution in [-0.2, 0) is 23.5 Å². The third-order valence-corrected chi connectivity index (χ3v) is 7.11. The molecular weight excluding hydrogens is 464 g/mol. The number of aliphatic hydroxyl groups is 1. The summed E-state index contributed by atoms with van der Waals surface area (Å²) >= 11 is 0. The fourth-order valence-electron chi connectivity index (χ4n) is 5.26. The molecule has 0 unspecified atom stereocenters. The van der Waals surface area contributed by atoms with Gasteiger partial charge in [-0.2, -0.15) is 0 Å². The van der Waals surface area contributed by atoms with Crippen molar-refractivity contribution in [2.45, 2.75) is 64.8 Å². The van der Waals surface area contributed by atoms with Crippen molar-refractivity contribution in [2.75, 3.05) is 13.1 Å². The number of pyridine rings is 2. The normalized spacial score (nSPS) is 16.6. The van der Waals surface area contributed by atoms with Crippen LogP contribution in [0.3, 0.4) is 0 Å². The van der Waals surface area contributed by atoms with E-state index in [9.17, 15) is 14.7 Å². The van der Waals surface area contributed by atoms with E-state index in [4.69, 9.17) is 4.98 Å². The van der Waals surface area contributed by atoms with Gasteiger partial charge in [0.1, 0.15) is 0 Å². The molecule has 1 atom stereocenters. The maximum atomic E-state index is 13.9. The quantitative estimate of drug-likeness (QED) is 0.426. The second-order valence-electron chi connectivity index (χ2n) is 9.83. The highest BCUT2D eigenvalue weighted by atomic mass is 35.5. The Labute approximate surface area is 211 Å². The maximum absolute atomic E-state index is 13.9. The Morgan fingerprint density at radius 1 is 1.20 bits per heavy atom. The molecule has 1 fully saturated rings. The van der Waals surface area contributed by atoms with E-state index in [2.05, 4.69) is 16.3 Å². The first-order valence-electron chi connectivity index (χ1n) is 12.2. The third kappa shape index (κ3) is 4.37. The molecule has 2 aromatic heterocycles. The largest absolute Gasteiger partial charge is 0.375 e. The molecule has 7 nitrogen and oxygen atoms in total. The van der Waals surface area contributed by atoms with Gasteiger partial charge in [0.05, 0.1) is 23.4 Å². The van der Waals surface area contributed by atoms with Gasteiger partial charge >= 0.3 is 0 Å². The van der Waals surface area contributed by atoms with Crippen molar-refractivity contribution in [1.29, 1.82) is 0 Å². The summed E-state index contributed by atoms with van der Waals surface area (Å²) in [6, 6.07) is 11.7. The molecule has 1 saturated heterocycles. The monoisotopic (exact) mass is 496 g/mol. The van der Waals surface area contributed by atoms with E-state index in [-0.39, 0.29) is 30.4 Å². The number of amides is 1. The van der Waals surface area contributed by atoms with E-state index in [0.717, 1.165) is 48.1 Å². The molecule has 35 heavy (non-hydrogen) atoms. The van der Waals surface area contributed by atoms with Crippen LogP contribution < -0.4 is 10.9 Å². The number of aromatic nitrogens is 2. The first kappa shape index (κ1) is 25.4. The highest BCUT2D eigenvalue weighted by molar-refractivity contribution is 5.88. The van der Waals surface area contributed by atoms with Crippen LogP contribution >= 0.6 is 12.4 Å². The number of hydrogen-bond donors (Lipinski definition) is 2. The van der Waals surface area contributed by atoms with Crippen LogP contribution in [0.15, 0.2) is 41.2 Å². The molecule has 0 radical (unpaired) electrons. The van der Waals surface area contributed by atoms with Crippen molar-refractivity contribution in [2.24, 2.45) is 0 Å². The number of halogens is 1. The molecule has 8 heteroatoms. The fourth-order valence-corrected chi connectivity index (χ4v) is 5.26. The van der Waals surface area contributed by atoms with E-state index in [1.165, 1.54) is 0 Å².